The van der Waals surface area contributed by atoms with Gasteiger partial charge < -0.3 is 0 Å². The molecule has 0 aliphatic carbocycles. The second kappa shape index (κ2) is 2.69. The highest BCUT2D eigenvalue weighted by atomic mass is 32.3. The zero-order chi connectivity index (χ0) is 7.49. The minimum absolute atomic E-state index is 1.64. The number of nitrogens with zero attached hydrogens (tertiary/aromatic N) is 1. The Bertz CT molecular complexity index is 203. The second-order valence-corrected chi connectivity index (χ2v) is 1.84. The molecule has 0 spiro atoms. The Labute approximate surface area is 48.9 Å². The fourth-order valence-corrected chi connectivity index (χ4v) is 0.226. The van der Waals surface area contributed by atoms with E-state index in [0.29, 0.717) is 0 Å². The monoisotopic (exact) mass is 161 g/mol. The Kier molecular flexibility index (Phi) is 2.46. The van der Waals surface area contributed by atoms with Crippen molar-refractivity contribution in [3.63, 3.8) is 0 Å². The van der Waals surface area contributed by atoms with Crippen molar-refractivity contribution in [3.05, 3.63) is 0 Å². The van der Waals surface area contributed by atoms with Gasteiger partial charge in [0, 0.05) is 5.16 Å². The van der Waals surface area contributed by atoms with Crippen LogP contribution < -0.4 is 0 Å². The van der Waals surface area contributed by atoms with Gasteiger partial charge in [0.2, 0.25) is 0 Å². The van der Waals surface area contributed by atoms with E-state index < -0.39 is 16.6 Å². The van der Waals surface area contributed by atoms with E-state index >= 15 is 0 Å². The molecule has 0 radical (unpaired) electrons. The number of rotatable bonds is 2. The number of hydrogen-bond donors (Lipinski definition) is 1. The topological polar surface area (TPSA) is 76.0 Å². The molecule has 0 heterocycles. The van der Waals surface area contributed by atoms with Crippen LogP contribution in [0, 0.1) is 0 Å². The summed E-state index contributed by atoms with van der Waals surface area (Å²) in [5, 5.41) is 1.64. The van der Waals surface area contributed by atoms with E-state index in [4.69, 9.17) is 4.55 Å². The molecule has 0 aliphatic heterocycles. The molecule has 0 aromatic rings. The third kappa shape index (κ3) is 7.24. The summed E-state index contributed by atoms with van der Waals surface area (Å²) < 4.78 is 50.9. The molecular formula is CHF2NO4S. The van der Waals surface area contributed by atoms with E-state index in [1.165, 1.54) is 0 Å². The number of oxime groups is 1. The summed E-state index contributed by atoms with van der Waals surface area (Å²) in [4.78, 5) is 0. The van der Waals surface area contributed by atoms with E-state index in [1.807, 2.05) is 0 Å². The van der Waals surface area contributed by atoms with Crippen molar-refractivity contribution in [1.29, 1.82) is 0 Å². The maximum absolute atomic E-state index is 10.8. The van der Waals surface area contributed by atoms with Crippen LogP contribution in [0.4, 0.5) is 8.78 Å². The predicted octanol–water partition coefficient (Wildman–Crippen LogP) is 0.0158. The molecule has 0 fully saturated rings. The van der Waals surface area contributed by atoms with Crippen molar-refractivity contribution in [1.82, 2.24) is 0 Å². The lowest BCUT2D eigenvalue weighted by atomic mass is 11.5. The van der Waals surface area contributed by atoms with Crippen molar-refractivity contribution in [2.75, 3.05) is 0 Å². The summed E-state index contributed by atoms with van der Waals surface area (Å²) in [6, 6.07) is 0. The number of halogens is 2. The first-order valence-electron chi connectivity index (χ1n) is 1.47. The Hall–Kier alpha value is -0.760. The Balaban J connectivity index is 3.95. The smallest absolute Gasteiger partial charge is 0.253 e. The molecule has 0 saturated heterocycles. The van der Waals surface area contributed by atoms with E-state index in [-0.39, 0.29) is 0 Å². The SMILES string of the molecule is O=S(=O)(O)ON=C(F)F. The van der Waals surface area contributed by atoms with Crippen LogP contribution in [0.3, 0.4) is 0 Å². The van der Waals surface area contributed by atoms with E-state index in [0.717, 1.165) is 0 Å². The van der Waals surface area contributed by atoms with Crippen molar-refractivity contribution in [2.24, 2.45) is 5.16 Å². The average molecular weight is 161 g/mol. The zero-order valence-electron chi connectivity index (χ0n) is 3.78. The van der Waals surface area contributed by atoms with Gasteiger partial charge in [-0.15, -0.1) is 8.78 Å². The molecule has 0 aliphatic rings. The van der Waals surface area contributed by atoms with Crippen LogP contribution in [-0.4, -0.2) is 19.2 Å². The molecule has 0 amide bonds. The van der Waals surface area contributed by atoms with Gasteiger partial charge in [0.05, 0.1) is 0 Å². The molecule has 0 atom stereocenters. The van der Waals surface area contributed by atoms with Crippen LogP contribution in [0.25, 0.3) is 0 Å². The molecule has 0 aromatic carbocycles. The van der Waals surface area contributed by atoms with Gasteiger partial charge in [-0.05, 0) is 0 Å². The molecule has 1 N–H and O–H groups in total. The average Bonchev–Trinajstić information content (AvgIpc) is 1.59. The van der Waals surface area contributed by atoms with Gasteiger partial charge in [-0.2, -0.15) is 8.42 Å². The minimum Gasteiger partial charge on any atom is -0.253 e. The van der Waals surface area contributed by atoms with Gasteiger partial charge in [0.25, 0.3) is 0 Å². The molecule has 0 saturated carbocycles. The summed E-state index contributed by atoms with van der Waals surface area (Å²) in [6.07, 6.45) is -2.59. The Morgan fingerprint density at radius 2 is 2.00 bits per heavy atom. The minimum atomic E-state index is -4.89. The molecule has 0 bridgehead atoms. The third-order valence-electron chi connectivity index (χ3n) is 0.200. The maximum atomic E-state index is 10.8. The van der Waals surface area contributed by atoms with Gasteiger partial charge >= 0.3 is 16.6 Å². The van der Waals surface area contributed by atoms with Gasteiger partial charge in [0.1, 0.15) is 0 Å². The van der Waals surface area contributed by atoms with Crippen LogP contribution in [0.2, 0.25) is 0 Å². The normalized spacial score (nSPS) is 10.6. The predicted molar refractivity (Wildman–Crippen MR) is 22.3 cm³/mol. The van der Waals surface area contributed by atoms with Crippen molar-refractivity contribution in [2.45, 2.75) is 0 Å². The van der Waals surface area contributed by atoms with Gasteiger partial charge in [-0.25, -0.2) is 4.28 Å². The highest BCUT2D eigenvalue weighted by molar-refractivity contribution is 7.80. The summed E-state index contributed by atoms with van der Waals surface area (Å²) in [7, 11) is -4.89. The summed E-state index contributed by atoms with van der Waals surface area (Å²) in [6.45, 7) is 0. The van der Waals surface area contributed by atoms with Crippen LogP contribution in [0.1, 0.15) is 0 Å². The van der Waals surface area contributed by atoms with E-state index in [9.17, 15) is 17.2 Å². The zero-order valence-corrected chi connectivity index (χ0v) is 4.60. The quantitative estimate of drug-likeness (QED) is 0.351. The number of hydrogen-bond acceptors (Lipinski definition) is 4. The summed E-state index contributed by atoms with van der Waals surface area (Å²) in [5.74, 6) is 0. The van der Waals surface area contributed by atoms with Crippen LogP contribution in [0.15, 0.2) is 5.16 Å². The Morgan fingerprint density at radius 3 is 2.11 bits per heavy atom. The van der Waals surface area contributed by atoms with Gasteiger partial charge in [0.15, 0.2) is 0 Å². The van der Waals surface area contributed by atoms with Gasteiger partial charge in [-0.1, -0.05) is 0 Å². The fourth-order valence-electron chi connectivity index (χ4n) is 0.0753. The summed E-state index contributed by atoms with van der Waals surface area (Å²) in [5.41, 5.74) is 0. The molecular weight excluding hydrogens is 160 g/mol. The van der Waals surface area contributed by atoms with E-state index in [1.54, 1.807) is 5.16 Å². The highest BCUT2D eigenvalue weighted by Crippen LogP contribution is 1.89. The molecule has 8 heteroatoms. The molecule has 9 heavy (non-hydrogen) atoms. The lowest BCUT2D eigenvalue weighted by molar-refractivity contribution is 0.271. The lowest BCUT2D eigenvalue weighted by Crippen LogP contribution is -1.98. The Morgan fingerprint density at radius 1 is 1.56 bits per heavy atom. The van der Waals surface area contributed by atoms with Crippen LogP contribution in [-0.2, 0) is 14.7 Å². The standard InChI is InChI=1S/CHF2NO4S/c2-1(3)4-8-9(5,6)7/h(H,5,6,7). The molecule has 5 nitrogen and oxygen atoms in total. The van der Waals surface area contributed by atoms with Crippen LogP contribution in [0.5, 0.6) is 0 Å². The first-order valence-corrected chi connectivity index (χ1v) is 2.83. The first kappa shape index (κ1) is 8.24. The summed E-state index contributed by atoms with van der Waals surface area (Å²) >= 11 is 0. The largest absolute Gasteiger partial charge is 0.466 e. The third-order valence-corrected chi connectivity index (χ3v) is 0.463. The second-order valence-electron chi connectivity index (χ2n) is 0.834. The highest BCUT2D eigenvalue weighted by Gasteiger charge is 2.03. The van der Waals surface area contributed by atoms with Crippen LogP contribution >= 0.6 is 0 Å². The lowest BCUT2D eigenvalue weighted by Gasteiger charge is -1.86. The molecule has 0 aromatic heterocycles. The molecule has 54 valence electrons. The molecule has 0 rings (SSSR count). The van der Waals surface area contributed by atoms with E-state index in [2.05, 4.69) is 4.28 Å². The maximum Gasteiger partial charge on any atom is 0.466 e. The fraction of sp³-hybridized carbons (Fsp3) is 0. The van der Waals surface area contributed by atoms with Crippen molar-refractivity contribution < 1.29 is 26.0 Å². The molecule has 0 unspecified atom stereocenters. The first-order chi connectivity index (χ1) is 3.92. The van der Waals surface area contributed by atoms with Gasteiger partial charge in [-0.3, -0.25) is 4.55 Å². The van der Waals surface area contributed by atoms with Crippen molar-refractivity contribution in [3.8, 4) is 0 Å². The van der Waals surface area contributed by atoms with Crippen molar-refractivity contribution >= 4 is 16.6 Å².